The smallest absolute Gasteiger partial charge is 0.255 e. The fourth-order valence-corrected chi connectivity index (χ4v) is 3.91. The van der Waals surface area contributed by atoms with E-state index in [0.717, 1.165) is 18.5 Å². The Hall–Kier alpha value is -3.06. The summed E-state index contributed by atoms with van der Waals surface area (Å²) in [6, 6.07) is 14.9. The zero-order valence-electron chi connectivity index (χ0n) is 16.8. The van der Waals surface area contributed by atoms with Gasteiger partial charge in [-0.15, -0.1) is 0 Å². The van der Waals surface area contributed by atoms with Crippen molar-refractivity contribution in [2.75, 3.05) is 5.32 Å². The van der Waals surface area contributed by atoms with Gasteiger partial charge in [0.15, 0.2) is 0 Å². The molecule has 2 aromatic carbocycles. The Morgan fingerprint density at radius 3 is 2.57 bits per heavy atom. The largest absolute Gasteiger partial charge is 0.350 e. The molecule has 1 N–H and O–H groups in total. The number of nitrogens with zero attached hydrogens (tertiary/aromatic N) is 2. The van der Waals surface area contributed by atoms with Gasteiger partial charge in [0.1, 0.15) is 0 Å². The zero-order chi connectivity index (χ0) is 20.1. The van der Waals surface area contributed by atoms with Crippen molar-refractivity contribution in [1.82, 2.24) is 4.57 Å². The Kier molecular flexibility index (Phi) is 6.16. The lowest BCUT2D eigenvalue weighted by Gasteiger charge is -2.15. The van der Waals surface area contributed by atoms with Gasteiger partial charge in [0.05, 0.1) is 11.6 Å². The van der Waals surface area contributed by atoms with Crippen LogP contribution in [0.1, 0.15) is 66.9 Å². The first kappa shape index (κ1) is 19.7. The summed E-state index contributed by atoms with van der Waals surface area (Å²) in [4.78, 5) is 12.6. The summed E-state index contributed by atoms with van der Waals surface area (Å²) in [5.74, 6) is 0.338. The van der Waals surface area contributed by atoms with Crippen LogP contribution in [0.15, 0.2) is 48.7 Å². The summed E-state index contributed by atoms with van der Waals surface area (Å²) in [6.45, 7) is 4.46. The number of carbonyl (C=O) groups excluding carboxylic acids is 1. The van der Waals surface area contributed by atoms with Crippen LogP contribution >= 0.6 is 0 Å². The highest BCUT2D eigenvalue weighted by Gasteiger charge is 2.17. The van der Waals surface area contributed by atoms with Crippen molar-refractivity contribution in [1.29, 1.82) is 5.26 Å². The number of benzene rings is 2. The van der Waals surface area contributed by atoms with E-state index in [1.54, 1.807) is 24.3 Å². The fraction of sp³-hybridized carbons (Fsp3) is 0.333. The summed E-state index contributed by atoms with van der Waals surface area (Å²) in [5.41, 5.74) is 4.29. The Morgan fingerprint density at radius 1 is 1.14 bits per heavy atom. The van der Waals surface area contributed by atoms with Gasteiger partial charge in [0, 0.05) is 35.4 Å². The molecule has 0 atom stereocenters. The third-order valence-electron chi connectivity index (χ3n) is 5.25. The van der Waals surface area contributed by atoms with Crippen molar-refractivity contribution in [3.05, 3.63) is 65.4 Å². The number of nitriles is 1. The predicted octanol–water partition coefficient (Wildman–Crippen LogP) is 5.99. The van der Waals surface area contributed by atoms with Crippen molar-refractivity contribution in [2.24, 2.45) is 7.05 Å². The Balaban J connectivity index is 1.93. The van der Waals surface area contributed by atoms with Crippen molar-refractivity contribution < 1.29 is 4.79 Å². The van der Waals surface area contributed by atoms with E-state index in [1.807, 2.05) is 6.07 Å². The van der Waals surface area contributed by atoms with Gasteiger partial charge in [0.2, 0.25) is 0 Å². The Labute approximate surface area is 166 Å². The molecule has 0 saturated carbocycles. The second kappa shape index (κ2) is 8.75. The highest BCUT2D eigenvalue weighted by molar-refractivity contribution is 6.05. The Morgan fingerprint density at radius 2 is 1.89 bits per heavy atom. The van der Waals surface area contributed by atoms with Gasteiger partial charge in [-0.25, -0.2) is 0 Å². The third kappa shape index (κ3) is 4.09. The number of rotatable bonds is 7. The molecular weight excluding hydrogens is 346 g/mol. The standard InChI is InChI=1S/C24H27N3O/c1-4-7-18(8-5-2)22-16-27(3)23-12-11-20(14-21(22)23)26-24(28)19-10-6-9-17(13-19)15-25/h6,9-14,16,18H,4-5,7-8H2,1-3H3,(H,26,28). The van der Waals surface area contributed by atoms with Crippen LogP contribution in [0.4, 0.5) is 5.69 Å². The van der Waals surface area contributed by atoms with E-state index in [-0.39, 0.29) is 5.91 Å². The molecular formula is C24H27N3O. The first-order valence-electron chi connectivity index (χ1n) is 9.97. The highest BCUT2D eigenvalue weighted by atomic mass is 16.1. The van der Waals surface area contributed by atoms with Crippen LogP contribution in [0.3, 0.4) is 0 Å². The van der Waals surface area contributed by atoms with Crippen LogP contribution in [0, 0.1) is 11.3 Å². The van der Waals surface area contributed by atoms with Gasteiger partial charge in [0.25, 0.3) is 5.91 Å². The number of hydrogen-bond acceptors (Lipinski definition) is 2. The molecule has 4 heteroatoms. The molecule has 0 aliphatic heterocycles. The summed E-state index contributed by atoms with van der Waals surface area (Å²) in [6.07, 6.45) is 6.90. The minimum absolute atomic E-state index is 0.201. The normalized spacial score (nSPS) is 11.0. The number of hydrogen-bond donors (Lipinski definition) is 1. The van der Waals surface area contributed by atoms with Gasteiger partial charge in [-0.05, 0) is 60.7 Å². The van der Waals surface area contributed by atoms with Crippen LogP contribution < -0.4 is 5.32 Å². The number of amides is 1. The SMILES string of the molecule is CCCC(CCC)c1cn(C)c2ccc(NC(=O)c3cccc(C#N)c3)cc12. The quantitative estimate of drug-likeness (QED) is 0.553. The van der Waals surface area contributed by atoms with E-state index >= 15 is 0 Å². The summed E-state index contributed by atoms with van der Waals surface area (Å²) in [7, 11) is 2.08. The maximum absolute atomic E-state index is 12.6. The molecule has 0 spiro atoms. The van der Waals surface area contributed by atoms with Gasteiger partial charge < -0.3 is 9.88 Å². The fourth-order valence-electron chi connectivity index (χ4n) is 3.91. The highest BCUT2D eigenvalue weighted by Crippen LogP contribution is 2.34. The van der Waals surface area contributed by atoms with Crippen LogP contribution in [0.25, 0.3) is 10.9 Å². The zero-order valence-corrected chi connectivity index (χ0v) is 16.8. The van der Waals surface area contributed by atoms with Gasteiger partial charge in [-0.1, -0.05) is 32.8 Å². The molecule has 1 amide bonds. The molecule has 0 bridgehead atoms. The second-order valence-corrected chi connectivity index (χ2v) is 7.35. The molecule has 4 nitrogen and oxygen atoms in total. The number of aromatic nitrogens is 1. The second-order valence-electron chi connectivity index (χ2n) is 7.35. The first-order chi connectivity index (χ1) is 13.6. The molecule has 0 fully saturated rings. The molecule has 0 aliphatic carbocycles. The molecule has 144 valence electrons. The Bertz CT molecular complexity index is 1020. The molecule has 0 aliphatic rings. The average Bonchev–Trinajstić information content (AvgIpc) is 3.03. The lowest BCUT2D eigenvalue weighted by Crippen LogP contribution is -2.12. The van der Waals surface area contributed by atoms with Gasteiger partial charge in [-0.2, -0.15) is 5.26 Å². The summed E-state index contributed by atoms with van der Waals surface area (Å²) >= 11 is 0. The minimum Gasteiger partial charge on any atom is -0.350 e. The molecule has 1 heterocycles. The number of nitrogens with one attached hydrogen (secondary N) is 1. The summed E-state index contributed by atoms with van der Waals surface area (Å²) < 4.78 is 2.17. The number of fused-ring (bicyclic) bond motifs is 1. The number of carbonyl (C=O) groups is 1. The van der Waals surface area contributed by atoms with Crippen LogP contribution in [-0.2, 0) is 7.05 Å². The van der Waals surface area contributed by atoms with Crippen LogP contribution in [0.2, 0.25) is 0 Å². The molecule has 1 aromatic heterocycles. The van der Waals surface area contributed by atoms with E-state index in [1.165, 1.54) is 29.3 Å². The van der Waals surface area contributed by atoms with E-state index in [4.69, 9.17) is 5.26 Å². The van der Waals surface area contributed by atoms with Crippen molar-refractivity contribution in [3.8, 4) is 6.07 Å². The van der Waals surface area contributed by atoms with Gasteiger partial charge in [-0.3, -0.25) is 4.79 Å². The van der Waals surface area contributed by atoms with Crippen LogP contribution in [-0.4, -0.2) is 10.5 Å². The average molecular weight is 374 g/mol. The van der Waals surface area contributed by atoms with E-state index in [2.05, 4.69) is 55.2 Å². The van der Waals surface area contributed by atoms with Crippen molar-refractivity contribution in [2.45, 2.75) is 45.4 Å². The van der Waals surface area contributed by atoms with Crippen molar-refractivity contribution >= 4 is 22.5 Å². The third-order valence-corrected chi connectivity index (χ3v) is 5.25. The summed E-state index contributed by atoms with van der Waals surface area (Å²) in [5, 5.41) is 13.2. The molecule has 0 radical (unpaired) electrons. The molecule has 0 unspecified atom stereocenters. The van der Waals surface area contributed by atoms with Crippen molar-refractivity contribution in [3.63, 3.8) is 0 Å². The predicted molar refractivity (Wildman–Crippen MR) is 115 cm³/mol. The maximum Gasteiger partial charge on any atom is 0.255 e. The monoisotopic (exact) mass is 373 g/mol. The lowest BCUT2D eigenvalue weighted by molar-refractivity contribution is 0.102. The maximum atomic E-state index is 12.6. The van der Waals surface area contributed by atoms with E-state index < -0.39 is 0 Å². The lowest BCUT2D eigenvalue weighted by atomic mass is 9.90. The van der Waals surface area contributed by atoms with E-state index in [0.29, 0.717) is 17.0 Å². The number of anilines is 1. The number of aryl methyl sites for hydroxylation is 1. The topological polar surface area (TPSA) is 57.8 Å². The molecule has 3 aromatic rings. The van der Waals surface area contributed by atoms with Gasteiger partial charge >= 0.3 is 0 Å². The first-order valence-corrected chi connectivity index (χ1v) is 9.97. The molecule has 28 heavy (non-hydrogen) atoms. The molecule has 0 saturated heterocycles. The minimum atomic E-state index is -0.201. The van der Waals surface area contributed by atoms with Crippen LogP contribution in [0.5, 0.6) is 0 Å². The van der Waals surface area contributed by atoms with E-state index in [9.17, 15) is 4.79 Å². The molecule has 3 rings (SSSR count).